The lowest BCUT2D eigenvalue weighted by molar-refractivity contribution is 0.0949. The van der Waals surface area contributed by atoms with Crippen LogP contribution in [0.2, 0.25) is 0 Å². The van der Waals surface area contributed by atoms with E-state index in [1.54, 1.807) is 24.3 Å². The summed E-state index contributed by atoms with van der Waals surface area (Å²) in [4.78, 5) is 11.9. The molecule has 6 nitrogen and oxygen atoms in total. The minimum absolute atomic E-state index is 0.0488. The molecule has 0 unspecified atom stereocenters. The van der Waals surface area contributed by atoms with Gasteiger partial charge in [-0.3, -0.25) is 9.52 Å². The number of furan rings is 1. The van der Waals surface area contributed by atoms with Gasteiger partial charge in [-0.15, -0.1) is 0 Å². The van der Waals surface area contributed by atoms with Gasteiger partial charge in [0.05, 0.1) is 24.1 Å². The molecule has 2 aromatic carbocycles. The van der Waals surface area contributed by atoms with Crippen LogP contribution in [0.15, 0.2) is 76.2 Å². The van der Waals surface area contributed by atoms with Crippen LogP contribution in [-0.2, 0) is 16.6 Å². The standard InChI is InChI=1S/C18H15FN2O4S/c19-15-8-2-4-10-17(15)26(23,24)21-16-9-3-1-7-14(16)18(22)20-12-13-6-5-11-25-13/h1-11,21H,12H2,(H,20,22). The second-order valence-electron chi connectivity index (χ2n) is 5.34. The molecule has 3 aromatic rings. The lowest BCUT2D eigenvalue weighted by Crippen LogP contribution is -2.25. The zero-order valence-corrected chi connectivity index (χ0v) is 14.3. The fraction of sp³-hybridized carbons (Fsp3) is 0.0556. The zero-order chi connectivity index (χ0) is 18.6. The molecule has 0 fully saturated rings. The molecule has 0 saturated heterocycles. The first-order valence-electron chi connectivity index (χ1n) is 7.64. The van der Waals surface area contributed by atoms with Crippen LogP contribution in [0.3, 0.4) is 0 Å². The first-order valence-corrected chi connectivity index (χ1v) is 9.12. The third-order valence-corrected chi connectivity index (χ3v) is 4.94. The number of halogens is 1. The highest BCUT2D eigenvalue weighted by molar-refractivity contribution is 7.92. The summed E-state index contributed by atoms with van der Waals surface area (Å²) in [6.45, 7) is 0.153. The van der Waals surface area contributed by atoms with Gasteiger partial charge in [-0.25, -0.2) is 12.8 Å². The summed E-state index contributed by atoms with van der Waals surface area (Å²) in [5.74, 6) is -0.809. The second-order valence-corrected chi connectivity index (χ2v) is 6.99. The highest BCUT2D eigenvalue weighted by Crippen LogP contribution is 2.21. The Morgan fingerprint density at radius 1 is 1.00 bits per heavy atom. The Hall–Kier alpha value is -3.13. The fourth-order valence-corrected chi connectivity index (χ4v) is 3.47. The molecule has 0 bridgehead atoms. The molecule has 1 heterocycles. The minimum Gasteiger partial charge on any atom is -0.467 e. The van der Waals surface area contributed by atoms with Crippen molar-refractivity contribution in [1.29, 1.82) is 0 Å². The van der Waals surface area contributed by atoms with Crippen LogP contribution in [0.1, 0.15) is 16.1 Å². The summed E-state index contributed by atoms with van der Waals surface area (Å²) in [7, 11) is -4.18. The monoisotopic (exact) mass is 374 g/mol. The van der Waals surface area contributed by atoms with Gasteiger partial charge in [0.25, 0.3) is 15.9 Å². The number of amides is 1. The molecule has 3 rings (SSSR count). The van der Waals surface area contributed by atoms with Crippen molar-refractivity contribution < 1.29 is 22.0 Å². The largest absolute Gasteiger partial charge is 0.467 e. The number of sulfonamides is 1. The minimum atomic E-state index is -4.18. The lowest BCUT2D eigenvalue weighted by atomic mass is 10.1. The number of benzene rings is 2. The van der Waals surface area contributed by atoms with E-state index in [0.717, 1.165) is 12.1 Å². The van der Waals surface area contributed by atoms with Crippen molar-refractivity contribution in [2.75, 3.05) is 4.72 Å². The summed E-state index contributed by atoms with van der Waals surface area (Å²) >= 11 is 0. The first kappa shape index (κ1) is 17.7. The summed E-state index contributed by atoms with van der Waals surface area (Å²) in [5, 5.41) is 2.64. The van der Waals surface area contributed by atoms with Crippen LogP contribution < -0.4 is 10.0 Å². The van der Waals surface area contributed by atoms with Crippen molar-refractivity contribution in [2.45, 2.75) is 11.4 Å². The van der Waals surface area contributed by atoms with Gasteiger partial charge in [0.1, 0.15) is 16.5 Å². The van der Waals surface area contributed by atoms with Gasteiger partial charge in [0.15, 0.2) is 0 Å². The molecule has 26 heavy (non-hydrogen) atoms. The molecular formula is C18H15FN2O4S. The van der Waals surface area contributed by atoms with Crippen LogP contribution in [0.4, 0.5) is 10.1 Å². The average molecular weight is 374 g/mol. The Kier molecular flexibility index (Phi) is 5.04. The average Bonchev–Trinajstić information content (AvgIpc) is 3.13. The number of carbonyl (C=O) groups excluding carboxylic acids is 1. The topological polar surface area (TPSA) is 88.4 Å². The SMILES string of the molecule is O=C(NCc1ccco1)c1ccccc1NS(=O)(=O)c1ccccc1F. The normalized spacial score (nSPS) is 11.1. The van der Waals surface area contributed by atoms with Gasteiger partial charge in [-0.1, -0.05) is 24.3 Å². The molecule has 134 valence electrons. The molecule has 0 aliphatic carbocycles. The van der Waals surface area contributed by atoms with Crippen molar-refractivity contribution >= 4 is 21.6 Å². The van der Waals surface area contributed by atoms with Gasteiger partial charge in [-0.2, -0.15) is 0 Å². The van der Waals surface area contributed by atoms with Gasteiger partial charge in [0.2, 0.25) is 0 Å². The molecule has 2 N–H and O–H groups in total. The number of nitrogens with one attached hydrogen (secondary N) is 2. The van der Waals surface area contributed by atoms with Crippen LogP contribution >= 0.6 is 0 Å². The van der Waals surface area contributed by atoms with E-state index in [1.165, 1.54) is 30.5 Å². The summed E-state index contributed by atoms with van der Waals surface area (Å²) in [6, 6.07) is 14.5. The van der Waals surface area contributed by atoms with Crippen LogP contribution in [0, 0.1) is 5.82 Å². The molecule has 0 atom stereocenters. The first-order chi connectivity index (χ1) is 12.5. The maximum Gasteiger partial charge on any atom is 0.264 e. The zero-order valence-electron chi connectivity index (χ0n) is 13.5. The Labute approximate surface area is 149 Å². The van der Waals surface area contributed by atoms with E-state index in [2.05, 4.69) is 10.0 Å². The number of hydrogen-bond acceptors (Lipinski definition) is 4. The summed E-state index contributed by atoms with van der Waals surface area (Å²) < 4.78 is 46.1. The Morgan fingerprint density at radius 3 is 2.46 bits per heavy atom. The van der Waals surface area contributed by atoms with E-state index in [-0.39, 0.29) is 17.8 Å². The second kappa shape index (κ2) is 7.40. The molecule has 0 radical (unpaired) electrons. The van der Waals surface area contributed by atoms with E-state index in [9.17, 15) is 17.6 Å². The maximum absolute atomic E-state index is 13.8. The number of hydrogen-bond donors (Lipinski definition) is 2. The van der Waals surface area contributed by atoms with E-state index in [0.29, 0.717) is 5.76 Å². The fourth-order valence-electron chi connectivity index (χ4n) is 2.31. The number of para-hydroxylation sites is 1. The molecule has 8 heteroatoms. The van der Waals surface area contributed by atoms with Crippen molar-refractivity contribution in [3.8, 4) is 0 Å². The molecule has 0 spiro atoms. The maximum atomic E-state index is 13.8. The van der Waals surface area contributed by atoms with Gasteiger partial charge >= 0.3 is 0 Å². The lowest BCUT2D eigenvalue weighted by Gasteiger charge is -2.13. The smallest absolute Gasteiger partial charge is 0.264 e. The van der Waals surface area contributed by atoms with Crippen molar-refractivity contribution in [1.82, 2.24) is 5.32 Å². The predicted octanol–water partition coefficient (Wildman–Crippen LogP) is 3.15. The van der Waals surface area contributed by atoms with E-state index >= 15 is 0 Å². The third kappa shape index (κ3) is 3.92. The Bertz CT molecular complexity index is 1020. The molecular weight excluding hydrogens is 359 g/mol. The Morgan fingerprint density at radius 2 is 1.73 bits per heavy atom. The number of carbonyl (C=O) groups is 1. The molecule has 0 saturated carbocycles. The van der Waals surface area contributed by atoms with Gasteiger partial charge in [-0.05, 0) is 36.4 Å². The van der Waals surface area contributed by atoms with E-state index < -0.39 is 26.6 Å². The summed E-state index contributed by atoms with van der Waals surface area (Å²) in [6.07, 6.45) is 1.48. The highest BCUT2D eigenvalue weighted by Gasteiger charge is 2.21. The van der Waals surface area contributed by atoms with E-state index in [4.69, 9.17) is 4.42 Å². The number of anilines is 1. The van der Waals surface area contributed by atoms with Crippen LogP contribution in [0.5, 0.6) is 0 Å². The van der Waals surface area contributed by atoms with Crippen molar-refractivity contribution in [3.05, 3.63) is 84.1 Å². The quantitative estimate of drug-likeness (QED) is 0.694. The number of rotatable bonds is 6. The molecule has 0 aliphatic heterocycles. The summed E-state index contributed by atoms with van der Waals surface area (Å²) in [5.41, 5.74) is 0.159. The van der Waals surface area contributed by atoms with Gasteiger partial charge < -0.3 is 9.73 Å². The molecule has 1 aromatic heterocycles. The highest BCUT2D eigenvalue weighted by atomic mass is 32.2. The Balaban J connectivity index is 1.83. The van der Waals surface area contributed by atoms with Crippen LogP contribution in [-0.4, -0.2) is 14.3 Å². The van der Waals surface area contributed by atoms with Gasteiger partial charge in [0, 0.05) is 0 Å². The molecule has 1 amide bonds. The van der Waals surface area contributed by atoms with Crippen molar-refractivity contribution in [2.24, 2.45) is 0 Å². The predicted molar refractivity (Wildman–Crippen MR) is 93.5 cm³/mol. The molecule has 0 aliphatic rings. The van der Waals surface area contributed by atoms with Crippen molar-refractivity contribution in [3.63, 3.8) is 0 Å². The van der Waals surface area contributed by atoms with E-state index in [1.807, 2.05) is 0 Å². The van der Waals surface area contributed by atoms with Crippen LogP contribution in [0.25, 0.3) is 0 Å². The third-order valence-electron chi connectivity index (χ3n) is 3.55.